The van der Waals surface area contributed by atoms with Gasteiger partial charge in [-0.25, -0.2) is 0 Å². The Morgan fingerprint density at radius 1 is 1.22 bits per heavy atom. The molecule has 0 aliphatic rings. The van der Waals surface area contributed by atoms with Gasteiger partial charge in [-0.05, 0) is 11.0 Å². The van der Waals surface area contributed by atoms with Gasteiger partial charge in [0.2, 0.25) is 0 Å². The fourth-order valence-corrected chi connectivity index (χ4v) is 1.51. The first-order chi connectivity index (χ1) is 7.81. The third kappa shape index (κ3) is 20.2. The smallest absolute Gasteiger partial charge is 1.00 e. The molecule has 18 heavy (non-hydrogen) atoms. The SMILES string of the molecule is CCCCCO[P+](=O)ONCCNCCN.[H-].[H-].[Na+].[Na+]. The van der Waals surface area contributed by atoms with Crippen molar-refractivity contribution in [1.82, 2.24) is 10.8 Å². The van der Waals surface area contributed by atoms with Gasteiger partial charge in [-0.3, -0.25) is 0 Å². The molecule has 0 aliphatic heterocycles. The quantitative estimate of drug-likeness (QED) is 0.145. The van der Waals surface area contributed by atoms with Crippen LogP contribution in [0.4, 0.5) is 0 Å². The first-order valence-electron chi connectivity index (χ1n) is 5.72. The summed E-state index contributed by atoms with van der Waals surface area (Å²) in [5, 5.41) is 3.07. The number of hydroxylamine groups is 1. The molecule has 9 heteroatoms. The monoisotopic (exact) mass is 300 g/mol. The predicted octanol–water partition coefficient (Wildman–Crippen LogP) is -4.85. The molecule has 6 nitrogen and oxygen atoms in total. The normalized spacial score (nSPS) is 10.4. The van der Waals surface area contributed by atoms with Crippen molar-refractivity contribution in [3.05, 3.63) is 0 Å². The number of rotatable bonds is 12. The molecule has 0 aromatic heterocycles. The molecule has 0 saturated heterocycles. The summed E-state index contributed by atoms with van der Waals surface area (Å²) in [5.74, 6) is 0. The van der Waals surface area contributed by atoms with Crippen molar-refractivity contribution >= 4 is 8.25 Å². The molecule has 1 unspecified atom stereocenters. The van der Waals surface area contributed by atoms with E-state index in [2.05, 4.69) is 17.7 Å². The topological polar surface area (TPSA) is 85.6 Å². The number of unbranched alkanes of at least 4 members (excludes halogenated alkanes) is 2. The van der Waals surface area contributed by atoms with Crippen LogP contribution in [0.25, 0.3) is 0 Å². The summed E-state index contributed by atoms with van der Waals surface area (Å²) in [6, 6.07) is 0. The molecule has 0 aromatic carbocycles. The van der Waals surface area contributed by atoms with E-state index in [0.29, 0.717) is 19.7 Å². The maximum Gasteiger partial charge on any atom is 1.00 e. The molecule has 0 heterocycles. The van der Waals surface area contributed by atoms with Gasteiger partial charge in [0.05, 0.1) is 0 Å². The first kappa shape index (κ1) is 24.9. The molecular weight excluding hydrogens is 275 g/mol. The van der Waals surface area contributed by atoms with Gasteiger partial charge in [-0.1, -0.05) is 19.8 Å². The fourth-order valence-electron chi connectivity index (χ4n) is 0.982. The van der Waals surface area contributed by atoms with Crippen LogP contribution in [0.15, 0.2) is 0 Å². The van der Waals surface area contributed by atoms with Gasteiger partial charge in [0.1, 0.15) is 6.61 Å². The number of hydrogen-bond donors (Lipinski definition) is 3. The molecule has 0 aliphatic carbocycles. The Morgan fingerprint density at radius 2 is 1.94 bits per heavy atom. The van der Waals surface area contributed by atoms with E-state index in [9.17, 15) is 4.57 Å². The maximum absolute atomic E-state index is 11.1. The largest absolute Gasteiger partial charge is 1.00 e. The van der Waals surface area contributed by atoms with Crippen molar-refractivity contribution in [2.75, 3.05) is 32.8 Å². The van der Waals surface area contributed by atoms with E-state index in [1.165, 1.54) is 0 Å². The summed E-state index contributed by atoms with van der Waals surface area (Å²) in [6.45, 7) is 5.25. The number of nitrogens with two attached hydrogens (primary N) is 1. The Hall–Kier alpha value is 1.90. The van der Waals surface area contributed by atoms with E-state index in [1.54, 1.807) is 0 Å². The molecule has 100 valence electrons. The summed E-state index contributed by atoms with van der Waals surface area (Å²) >= 11 is 0. The maximum atomic E-state index is 11.1. The molecule has 0 bridgehead atoms. The second-order valence-corrected chi connectivity index (χ2v) is 4.18. The molecule has 0 radical (unpaired) electrons. The third-order valence-electron chi connectivity index (χ3n) is 1.81. The van der Waals surface area contributed by atoms with Crippen molar-refractivity contribution in [3.8, 4) is 0 Å². The van der Waals surface area contributed by atoms with Crippen LogP contribution in [0.2, 0.25) is 0 Å². The van der Waals surface area contributed by atoms with Gasteiger partial charge in [0, 0.05) is 30.7 Å². The van der Waals surface area contributed by atoms with Crippen LogP contribution in [0.1, 0.15) is 29.0 Å². The van der Waals surface area contributed by atoms with Crippen LogP contribution in [0, 0.1) is 0 Å². The average Bonchev–Trinajstić information content (AvgIpc) is 2.29. The van der Waals surface area contributed by atoms with Crippen LogP contribution in [0.3, 0.4) is 0 Å². The van der Waals surface area contributed by atoms with Crippen LogP contribution in [-0.2, 0) is 13.7 Å². The molecule has 0 aromatic rings. The first-order valence-corrected chi connectivity index (χ1v) is 6.81. The van der Waals surface area contributed by atoms with E-state index < -0.39 is 8.25 Å². The van der Waals surface area contributed by atoms with E-state index in [1.807, 2.05) is 0 Å². The molecular formula is C9H25N3Na2O3P+. The molecule has 0 amide bonds. The van der Waals surface area contributed by atoms with Crippen LogP contribution in [0.5, 0.6) is 0 Å². The zero-order valence-electron chi connectivity index (χ0n) is 13.9. The Kier molecular flexibility index (Phi) is 29.3. The molecule has 1 atom stereocenters. The Bertz CT molecular complexity index is 191. The van der Waals surface area contributed by atoms with Crippen LogP contribution >= 0.6 is 8.25 Å². The minimum atomic E-state index is -2.04. The molecule has 0 spiro atoms. The third-order valence-corrected chi connectivity index (χ3v) is 2.48. The summed E-state index contributed by atoms with van der Waals surface area (Å²) in [6.07, 6.45) is 3.12. The van der Waals surface area contributed by atoms with Crippen LogP contribution in [-0.4, -0.2) is 32.8 Å². The second-order valence-electron chi connectivity index (χ2n) is 3.29. The summed E-state index contributed by atoms with van der Waals surface area (Å²) in [7, 11) is -2.04. The molecule has 0 rings (SSSR count). The fraction of sp³-hybridized carbons (Fsp3) is 1.00. The van der Waals surface area contributed by atoms with E-state index in [-0.39, 0.29) is 62.0 Å². The predicted molar refractivity (Wildman–Crippen MR) is 66.3 cm³/mol. The standard InChI is InChI=1S/C9H23N3O3P.2Na.2H/c1-2-3-4-9-14-16(13)15-12-8-7-11-6-5-10;;;;/h11-12H,2-10H2,1H3;;;;/q3*+1;2*-1. The van der Waals surface area contributed by atoms with E-state index in [4.69, 9.17) is 14.9 Å². The zero-order valence-corrected chi connectivity index (χ0v) is 16.8. The van der Waals surface area contributed by atoms with Gasteiger partial charge < -0.3 is 13.9 Å². The van der Waals surface area contributed by atoms with Crippen molar-refractivity contribution in [2.45, 2.75) is 26.2 Å². The Labute approximate surface area is 158 Å². The van der Waals surface area contributed by atoms with Gasteiger partial charge in [0.25, 0.3) is 0 Å². The van der Waals surface area contributed by atoms with Crippen molar-refractivity contribution in [3.63, 3.8) is 0 Å². The average molecular weight is 300 g/mol. The van der Waals surface area contributed by atoms with Crippen molar-refractivity contribution in [2.24, 2.45) is 5.73 Å². The molecule has 0 saturated carbocycles. The Balaban J connectivity index is -0.000000187. The zero-order chi connectivity index (χ0) is 12.1. The minimum Gasteiger partial charge on any atom is -1.00 e. The Morgan fingerprint density at radius 3 is 2.56 bits per heavy atom. The second kappa shape index (κ2) is 21.2. The van der Waals surface area contributed by atoms with Gasteiger partial charge in [-0.15, -0.1) is 10.0 Å². The van der Waals surface area contributed by atoms with Crippen molar-refractivity contribution < 1.29 is 75.7 Å². The number of nitrogens with one attached hydrogen (secondary N) is 2. The number of hydrogen-bond acceptors (Lipinski definition) is 6. The minimum absolute atomic E-state index is 0. The van der Waals surface area contributed by atoms with E-state index in [0.717, 1.165) is 32.4 Å². The molecule has 4 N–H and O–H groups in total. The summed E-state index contributed by atoms with van der Waals surface area (Å²) < 4.78 is 20.8. The van der Waals surface area contributed by atoms with E-state index >= 15 is 0 Å². The van der Waals surface area contributed by atoms with Gasteiger partial charge in [-0.2, -0.15) is 0 Å². The summed E-state index contributed by atoms with van der Waals surface area (Å²) in [5.41, 5.74) is 7.86. The van der Waals surface area contributed by atoms with Gasteiger partial charge in [0.15, 0.2) is 0 Å². The van der Waals surface area contributed by atoms with Gasteiger partial charge >= 0.3 is 67.4 Å². The van der Waals surface area contributed by atoms with Crippen molar-refractivity contribution in [1.29, 1.82) is 0 Å². The molecule has 0 fully saturated rings. The summed E-state index contributed by atoms with van der Waals surface area (Å²) in [4.78, 5) is 0. The van der Waals surface area contributed by atoms with Crippen LogP contribution < -0.4 is 75.6 Å².